The van der Waals surface area contributed by atoms with Gasteiger partial charge in [-0.15, -0.1) is 0 Å². The highest BCUT2D eigenvalue weighted by Gasteiger charge is 2.44. The molecule has 0 radical (unpaired) electrons. The molecule has 0 aromatic carbocycles. The zero-order valence-corrected chi connectivity index (χ0v) is 23.5. The van der Waals surface area contributed by atoms with E-state index in [9.17, 15) is 19.2 Å². The number of hydrogen-bond donors (Lipinski definition) is 4. The number of aliphatic carboxylic acids is 4. The molecule has 2 rings (SSSR count). The topological polar surface area (TPSA) is 156 Å². The first kappa shape index (κ1) is 35.3. The van der Waals surface area contributed by atoms with Crippen LogP contribution in [-0.2, 0) is 19.2 Å². The van der Waals surface area contributed by atoms with Crippen molar-refractivity contribution in [2.45, 2.75) is 78.1 Å². The van der Waals surface area contributed by atoms with Gasteiger partial charge in [0, 0.05) is 30.8 Å². The van der Waals surface area contributed by atoms with Crippen LogP contribution < -0.4 is 0 Å². The summed E-state index contributed by atoms with van der Waals surface area (Å²) in [5.74, 6) is -5.03. The van der Waals surface area contributed by atoms with Crippen molar-refractivity contribution in [2.24, 2.45) is 10.8 Å². The monoisotopic (exact) mass is 540 g/mol. The van der Waals surface area contributed by atoms with Crippen molar-refractivity contribution in [1.82, 2.24) is 9.80 Å². The molecule has 1 aliphatic carbocycles. The molecule has 0 unspecified atom stereocenters. The van der Waals surface area contributed by atoms with Crippen LogP contribution in [-0.4, -0.2) is 94.4 Å². The first-order valence-electron chi connectivity index (χ1n) is 13.4. The van der Waals surface area contributed by atoms with Crippen LogP contribution >= 0.6 is 0 Å². The Kier molecular flexibility index (Phi) is 17.2. The van der Waals surface area contributed by atoms with E-state index in [0.29, 0.717) is 35.1 Å². The number of rotatable bonds is 12. The normalized spacial score (nSPS) is 18.1. The molecule has 0 atom stereocenters. The van der Waals surface area contributed by atoms with Crippen LogP contribution in [0.15, 0.2) is 24.3 Å². The maximum absolute atomic E-state index is 9.55. The number of nitrogens with zero attached hydrogens (tertiary/aromatic N) is 2. The molecule has 0 aromatic heterocycles. The van der Waals surface area contributed by atoms with E-state index in [2.05, 4.69) is 37.7 Å². The van der Waals surface area contributed by atoms with Gasteiger partial charge in [-0.05, 0) is 95.9 Å². The molecule has 0 aromatic rings. The molecule has 1 aliphatic heterocycles. The van der Waals surface area contributed by atoms with Crippen LogP contribution in [0.2, 0.25) is 0 Å². The summed E-state index contributed by atoms with van der Waals surface area (Å²) in [6.07, 6.45) is 16.8. The van der Waals surface area contributed by atoms with Crippen LogP contribution in [0.4, 0.5) is 0 Å². The maximum Gasteiger partial charge on any atom is 0.328 e. The van der Waals surface area contributed by atoms with Crippen molar-refractivity contribution < 1.29 is 39.6 Å². The molecule has 10 nitrogen and oxygen atoms in total. The molecule has 10 heteroatoms. The summed E-state index contributed by atoms with van der Waals surface area (Å²) in [7, 11) is 4.38. The molecule has 2 fully saturated rings. The Labute approximate surface area is 227 Å². The third-order valence-electron chi connectivity index (χ3n) is 7.27. The van der Waals surface area contributed by atoms with E-state index in [0.717, 1.165) is 0 Å². The van der Waals surface area contributed by atoms with Gasteiger partial charge in [-0.1, -0.05) is 26.7 Å². The molecular weight excluding hydrogens is 492 g/mol. The Hall–Kier alpha value is -2.72. The standard InChI is InChI=1S/C20H40N2.2C4H4O4/c1-5-8-19(9-6-2)10-12-20(13-11-19)14-17-22(18-20)16-7-15-21(3)4;2*5-3(6)1-2-4(7)8/h5-18H2,1-4H3;2*1-2H,(H,5,6)(H,7,8)/b;2*2-1-. The molecule has 1 saturated carbocycles. The van der Waals surface area contributed by atoms with Gasteiger partial charge in [0.15, 0.2) is 0 Å². The Morgan fingerprint density at radius 2 is 1.16 bits per heavy atom. The van der Waals surface area contributed by atoms with Crippen LogP contribution in [0.5, 0.6) is 0 Å². The van der Waals surface area contributed by atoms with Crippen LogP contribution in [0.3, 0.4) is 0 Å². The molecule has 38 heavy (non-hydrogen) atoms. The lowest BCUT2D eigenvalue weighted by atomic mass is 9.60. The highest BCUT2D eigenvalue weighted by Crippen LogP contribution is 2.53. The summed E-state index contributed by atoms with van der Waals surface area (Å²) in [5.41, 5.74) is 1.41. The van der Waals surface area contributed by atoms with Gasteiger partial charge in [-0.2, -0.15) is 0 Å². The average Bonchev–Trinajstić information content (AvgIpc) is 3.22. The molecule has 0 bridgehead atoms. The fraction of sp³-hybridized carbons (Fsp3) is 0.714. The predicted molar refractivity (Wildman–Crippen MR) is 146 cm³/mol. The van der Waals surface area contributed by atoms with Gasteiger partial charge in [0.1, 0.15) is 0 Å². The van der Waals surface area contributed by atoms with Crippen molar-refractivity contribution in [2.75, 3.05) is 40.3 Å². The molecule has 1 saturated heterocycles. The second-order valence-electron chi connectivity index (χ2n) is 10.7. The van der Waals surface area contributed by atoms with Gasteiger partial charge in [-0.3, -0.25) is 0 Å². The molecule has 4 N–H and O–H groups in total. The Morgan fingerprint density at radius 1 is 0.737 bits per heavy atom. The number of carboxylic acid groups (broad SMARTS) is 4. The van der Waals surface area contributed by atoms with E-state index in [1.807, 2.05) is 0 Å². The van der Waals surface area contributed by atoms with E-state index in [1.165, 1.54) is 90.4 Å². The molecule has 218 valence electrons. The number of carboxylic acids is 4. The Bertz CT molecular complexity index is 725. The molecule has 2 aliphatic rings. The lowest BCUT2D eigenvalue weighted by Gasteiger charge is -2.45. The Morgan fingerprint density at radius 3 is 1.50 bits per heavy atom. The highest BCUT2D eigenvalue weighted by molar-refractivity contribution is 5.90. The number of carbonyl (C=O) groups is 4. The van der Waals surface area contributed by atoms with Crippen molar-refractivity contribution in [3.63, 3.8) is 0 Å². The zero-order chi connectivity index (χ0) is 29.2. The van der Waals surface area contributed by atoms with Crippen molar-refractivity contribution in [3.05, 3.63) is 24.3 Å². The summed E-state index contributed by atoms with van der Waals surface area (Å²) in [6, 6.07) is 0. The van der Waals surface area contributed by atoms with E-state index in [4.69, 9.17) is 20.4 Å². The minimum atomic E-state index is -1.26. The summed E-state index contributed by atoms with van der Waals surface area (Å²) < 4.78 is 0. The van der Waals surface area contributed by atoms with Crippen molar-refractivity contribution >= 4 is 23.9 Å². The maximum atomic E-state index is 9.55. The third kappa shape index (κ3) is 16.2. The summed E-state index contributed by atoms with van der Waals surface area (Å²) >= 11 is 0. The van der Waals surface area contributed by atoms with Gasteiger partial charge in [0.25, 0.3) is 0 Å². The SMILES string of the molecule is CCCC1(CCC)CCC2(CCN(CCCN(C)C)C2)CC1.O=C(O)/C=C\C(=O)O.O=C(O)/C=C\C(=O)O. The fourth-order valence-corrected chi connectivity index (χ4v) is 5.52. The summed E-state index contributed by atoms with van der Waals surface area (Å²) in [5, 5.41) is 31.2. The van der Waals surface area contributed by atoms with Gasteiger partial charge >= 0.3 is 23.9 Å². The second-order valence-corrected chi connectivity index (χ2v) is 10.7. The fourth-order valence-electron chi connectivity index (χ4n) is 5.52. The molecular formula is C28H48N2O8. The van der Waals surface area contributed by atoms with Crippen molar-refractivity contribution in [1.29, 1.82) is 0 Å². The largest absolute Gasteiger partial charge is 0.478 e. The van der Waals surface area contributed by atoms with E-state index in [-0.39, 0.29) is 0 Å². The quantitative estimate of drug-likeness (QED) is 0.264. The highest BCUT2D eigenvalue weighted by atomic mass is 16.4. The Balaban J connectivity index is 0.000000705. The minimum absolute atomic E-state index is 0.558. The van der Waals surface area contributed by atoms with Gasteiger partial charge in [0.2, 0.25) is 0 Å². The molecule has 1 spiro atoms. The predicted octanol–water partition coefficient (Wildman–Crippen LogP) is 4.21. The summed E-state index contributed by atoms with van der Waals surface area (Å²) in [4.78, 5) is 43.3. The van der Waals surface area contributed by atoms with Gasteiger partial charge in [-0.25, -0.2) is 19.2 Å². The first-order chi connectivity index (χ1) is 17.8. The number of hydrogen-bond acceptors (Lipinski definition) is 6. The smallest absolute Gasteiger partial charge is 0.328 e. The molecule has 0 amide bonds. The van der Waals surface area contributed by atoms with Crippen molar-refractivity contribution in [3.8, 4) is 0 Å². The first-order valence-corrected chi connectivity index (χ1v) is 13.4. The average molecular weight is 541 g/mol. The third-order valence-corrected chi connectivity index (χ3v) is 7.27. The zero-order valence-electron chi connectivity index (χ0n) is 23.5. The van der Waals surface area contributed by atoms with E-state index >= 15 is 0 Å². The molecule has 1 heterocycles. The van der Waals surface area contributed by atoms with Gasteiger partial charge in [0.05, 0.1) is 0 Å². The lowest BCUT2D eigenvalue weighted by molar-refractivity contribution is -0.134. The van der Waals surface area contributed by atoms with Crippen LogP contribution in [0.1, 0.15) is 78.1 Å². The lowest BCUT2D eigenvalue weighted by Crippen LogP contribution is -2.37. The minimum Gasteiger partial charge on any atom is -0.478 e. The van der Waals surface area contributed by atoms with Crippen LogP contribution in [0, 0.1) is 10.8 Å². The van der Waals surface area contributed by atoms with Gasteiger partial charge < -0.3 is 30.2 Å². The van der Waals surface area contributed by atoms with Crippen LogP contribution in [0.25, 0.3) is 0 Å². The number of likely N-dealkylation sites (tertiary alicyclic amines) is 1. The van der Waals surface area contributed by atoms with E-state index < -0.39 is 23.9 Å². The summed E-state index contributed by atoms with van der Waals surface area (Å²) in [6.45, 7) is 10.1. The van der Waals surface area contributed by atoms with E-state index in [1.54, 1.807) is 0 Å². The second kappa shape index (κ2) is 18.5.